The fraction of sp³-hybridized carbons (Fsp3) is 0.632. The fourth-order valence-corrected chi connectivity index (χ4v) is 4.14. The summed E-state index contributed by atoms with van der Waals surface area (Å²) in [5.74, 6) is -0.511. The minimum Gasteiger partial charge on any atom is -1.00 e. The van der Waals surface area contributed by atoms with Crippen molar-refractivity contribution in [2.24, 2.45) is 5.92 Å². The monoisotopic (exact) mass is 397 g/mol. The average molecular weight is 398 g/mol. The van der Waals surface area contributed by atoms with Gasteiger partial charge in [0, 0.05) is 18.8 Å². The molecule has 1 aromatic carbocycles. The molecule has 4 nitrogen and oxygen atoms in total. The van der Waals surface area contributed by atoms with E-state index in [-0.39, 0.29) is 29.1 Å². The second-order valence-electron chi connectivity index (χ2n) is 7.62. The molecule has 1 aromatic rings. The summed E-state index contributed by atoms with van der Waals surface area (Å²) in [6.07, 6.45) is 5.66. The first-order valence-electron chi connectivity index (χ1n) is 8.76. The predicted molar refractivity (Wildman–Crippen MR) is 88.4 cm³/mol. The third kappa shape index (κ3) is 3.53. The van der Waals surface area contributed by atoms with Crippen molar-refractivity contribution in [1.29, 1.82) is 0 Å². The largest absolute Gasteiger partial charge is 1.00 e. The number of quaternary nitrogens is 1. The normalized spacial score (nSPS) is 25.7. The van der Waals surface area contributed by atoms with Crippen LogP contribution < -0.4 is 17.0 Å². The molecule has 0 radical (unpaired) electrons. The molecule has 1 aliphatic carbocycles. The summed E-state index contributed by atoms with van der Waals surface area (Å²) in [4.78, 5) is 13.0. The second kappa shape index (κ2) is 7.54. The van der Waals surface area contributed by atoms with Gasteiger partial charge in [-0.25, -0.2) is 4.79 Å². The van der Waals surface area contributed by atoms with E-state index >= 15 is 0 Å². The summed E-state index contributed by atoms with van der Waals surface area (Å²) in [5.41, 5.74) is -0.847. The van der Waals surface area contributed by atoms with Gasteiger partial charge in [-0.3, -0.25) is 4.48 Å². The molecule has 24 heavy (non-hydrogen) atoms. The van der Waals surface area contributed by atoms with E-state index < -0.39 is 11.6 Å². The predicted octanol–water partition coefficient (Wildman–Crippen LogP) is -0.192. The highest BCUT2D eigenvalue weighted by molar-refractivity contribution is 5.81. The van der Waals surface area contributed by atoms with Crippen LogP contribution in [-0.4, -0.2) is 42.4 Å². The first-order chi connectivity index (χ1) is 10.9. The third-order valence-corrected chi connectivity index (χ3v) is 5.68. The van der Waals surface area contributed by atoms with Gasteiger partial charge < -0.3 is 26.8 Å². The van der Waals surface area contributed by atoms with Crippen LogP contribution in [0.5, 0.6) is 0 Å². The van der Waals surface area contributed by atoms with Crippen molar-refractivity contribution in [1.82, 2.24) is 0 Å². The van der Waals surface area contributed by atoms with Crippen LogP contribution in [0.15, 0.2) is 30.3 Å². The molecule has 1 N–H and O–H groups in total. The van der Waals surface area contributed by atoms with Gasteiger partial charge in [0.1, 0.15) is 0 Å². The van der Waals surface area contributed by atoms with Crippen molar-refractivity contribution in [3.63, 3.8) is 0 Å². The molecule has 2 atom stereocenters. The lowest BCUT2D eigenvalue weighted by Gasteiger charge is -2.36. The summed E-state index contributed by atoms with van der Waals surface area (Å²) in [6, 6.07) is 9.33. The molecule has 2 fully saturated rings. The number of esters is 1. The molecule has 1 saturated carbocycles. The van der Waals surface area contributed by atoms with Crippen LogP contribution in [-0.2, 0) is 15.1 Å². The molecule has 1 saturated heterocycles. The van der Waals surface area contributed by atoms with Gasteiger partial charge in [0.25, 0.3) is 0 Å². The molecule has 2 unspecified atom stereocenters. The SMILES string of the molecule is C[N+]1(C)CCCC1OC(=O)C(O)(c1ccccc1)C1CCCC1.[Br-]. The van der Waals surface area contributed by atoms with Gasteiger partial charge in [-0.2, -0.15) is 0 Å². The summed E-state index contributed by atoms with van der Waals surface area (Å²) < 4.78 is 6.52. The Balaban J connectivity index is 0.00000208. The molecular weight excluding hydrogens is 370 g/mol. The van der Waals surface area contributed by atoms with Crippen LogP contribution in [0, 0.1) is 5.92 Å². The molecule has 0 bridgehead atoms. The van der Waals surface area contributed by atoms with Gasteiger partial charge in [0.2, 0.25) is 6.23 Å². The van der Waals surface area contributed by atoms with Crippen LogP contribution in [0.1, 0.15) is 44.1 Å². The number of rotatable bonds is 4. The van der Waals surface area contributed by atoms with Gasteiger partial charge >= 0.3 is 5.97 Å². The van der Waals surface area contributed by atoms with Crippen LogP contribution >= 0.6 is 0 Å². The van der Waals surface area contributed by atoms with Crippen LogP contribution in [0.3, 0.4) is 0 Å². The Hall–Kier alpha value is -0.910. The van der Waals surface area contributed by atoms with Crippen LogP contribution in [0.4, 0.5) is 0 Å². The van der Waals surface area contributed by atoms with Gasteiger partial charge in [-0.15, -0.1) is 0 Å². The van der Waals surface area contributed by atoms with E-state index in [1.807, 2.05) is 30.3 Å². The fourth-order valence-electron chi connectivity index (χ4n) is 4.14. The Labute approximate surface area is 155 Å². The van der Waals surface area contributed by atoms with E-state index in [1.54, 1.807) is 0 Å². The molecule has 0 amide bonds. The number of benzene rings is 1. The summed E-state index contributed by atoms with van der Waals surface area (Å²) in [5, 5.41) is 11.4. The lowest BCUT2D eigenvalue weighted by Crippen LogP contribution is -3.00. The summed E-state index contributed by atoms with van der Waals surface area (Å²) >= 11 is 0. The number of carbonyl (C=O) groups is 1. The van der Waals surface area contributed by atoms with E-state index in [1.165, 1.54) is 0 Å². The van der Waals surface area contributed by atoms with E-state index in [9.17, 15) is 9.90 Å². The average Bonchev–Trinajstić information content (AvgIpc) is 3.18. The van der Waals surface area contributed by atoms with Gasteiger partial charge in [0.15, 0.2) is 5.60 Å². The number of carbonyl (C=O) groups excluding carboxylic acids is 1. The van der Waals surface area contributed by atoms with E-state index in [4.69, 9.17) is 4.74 Å². The maximum absolute atomic E-state index is 13.0. The zero-order valence-electron chi connectivity index (χ0n) is 14.6. The van der Waals surface area contributed by atoms with Crippen molar-refractivity contribution in [2.75, 3.05) is 20.6 Å². The minimum atomic E-state index is -1.51. The summed E-state index contributed by atoms with van der Waals surface area (Å²) in [7, 11) is 4.17. The number of hydrogen-bond donors (Lipinski definition) is 1. The topological polar surface area (TPSA) is 46.5 Å². The number of aliphatic hydroxyl groups is 1. The third-order valence-electron chi connectivity index (χ3n) is 5.68. The molecule has 0 spiro atoms. The standard InChI is InChI=1S/C19H28NO3.BrH/c1-20(2)14-8-13-17(20)23-18(21)19(22,16-11-6-7-12-16)15-9-4-3-5-10-15;/h3-5,9-10,16-17,22H,6-8,11-14H2,1-2H3;1H/q+1;/p-1. The van der Waals surface area contributed by atoms with Crippen molar-refractivity contribution in [3.8, 4) is 0 Å². The lowest BCUT2D eigenvalue weighted by molar-refractivity contribution is -0.921. The highest BCUT2D eigenvalue weighted by atomic mass is 79.9. The van der Waals surface area contributed by atoms with Gasteiger partial charge in [-0.1, -0.05) is 43.2 Å². The number of likely N-dealkylation sites (tertiary alicyclic amines) is 1. The van der Waals surface area contributed by atoms with Crippen molar-refractivity contribution in [2.45, 2.75) is 50.4 Å². The highest BCUT2D eigenvalue weighted by Crippen LogP contribution is 2.42. The molecule has 1 heterocycles. The number of nitrogens with zero attached hydrogens (tertiary/aromatic N) is 1. The van der Waals surface area contributed by atoms with Gasteiger partial charge in [-0.05, 0) is 18.4 Å². The molecule has 2 aliphatic rings. The zero-order valence-corrected chi connectivity index (χ0v) is 16.2. The Morgan fingerprint density at radius 2 is 1.75 bits per heavy atom. The number of hydrogen-bond acceptors (Lipinski definition) is 3. The van der Waals surface area contributed by atoms with E-state index in [0.717, 1.165) is 45.1 Å². The maximum atomic E-state index is 13.0. The van der Waals surface area contributed by atoms with Crippen LogP contribution in [0.25, 0.3) is 0 Å². The van der Waals surface area contributed by atoms with Crippen molar-refractivity contribution < 1.29 is 36.1 Å². The molecule has 1 aliphatic heterocycles. The molecule has 0 aromatic heterocycles. The van der Waals surface area contributed by atoms with Gasteiger partial charge in [0.05, 0.1) is 20.6 Å². The molecule has 134 valence electrons. The second-order valence-corrected chi connectivity index (χ2v) is 7.62. The van der Waals surface area contributed by atoms with E-state index in [0.29, 0.717) is 10.0 Å². The Morgan fingerprint density at radius 1 is 1.12 bits per heavy atom. The highest BCUT2D eigenvalue weighted by Gasteiger charge is 2.50. The molecule has 5 heteroatoms. The molecule has 3 rings (SSSR count). The lowest BCUT2D eigenvalue weighted by atomic mass is 9.80. The first-order valence-corrected chi connectivity index (χ1v) is 8.76. The smallest absolute Gasteiger partial charge is 0.347 e. The number of halogens is 1. The summed E-state index contributed by atoms with van der Waals surface area (Å²) in [6.45, 7) is 1.01. The molecular formula is C19H28BrNO3. The number of ether oxygens (including phenoxy) is 1. The minimum absolute atomic E-state index is 0. The quantitative estimate of drug-likeness (QED) is 0.565. The maximum Gasteiger partial charge on any atom is 0.347 e. The van der Waals surface area contributed by atoms with Crippen LogP contribution in [0.2, 0.25) is 0 Å². The van der Waals surface area contributed by atoms with Crippen molar-refractivity contribution >= 4 is 5.97 Å². The zero-order chi connectivity index (χ0) is 16.5. The van der Waals surface area contributed by atoms with E-state index in [2.05, 4.69) is 14.1 Å². The Kier molecular flexibility index (Phi) is 6.10. The first kappa shape index (κ1) is 19.4. The Bertz CT molecular complexity index is 557. The Morgan fingerprint density at radius 3 is 2.29 bits per heavy atom. The van der Waals surface area contributed by atoms with Crippen molar-refractivity contribution in [3.05, 3.63) is 35.9 Å².